The van der Waals surface area contributed by atoms with Crippen LogP contribution < -0.4 is 0 Å². The Bertz CT molecular complexity index is 103. The topological polar surface area (TPSA) is 9.23 Å². The van der Waals surface area contributed by atoms with Crippen molar-refractivity contribution in [3.05, 3.63) is 0 Å². The third-order valence-electron chi connectivity index (χ3n) is 2.77. The summed E-state index contributed by atoms with van der Waals surface area (Å²) in [5, 5.41) is 0. The van der Waals surface area contributed by atoms with E-state index in [2.05, 4.69) is 20.8 Å². The van der Waals surface area contributed by atoms with Crippen LogP contribution in [0.25, 0.3) is 0 Å². The summed E-state index contributed by atoms with van der Waals surface area (Å²) < 4.78 is 5.67. The number of ether oxygens (including phenoxy) is 1. The second kappa shape index (κ2) is 4.10. The summed E-state index contributed by atoms with van der Waals surface area (Å²) in [4.78, 5) is 0. The van der Waals surface area contributed by atoms with Gasteiger partial charge in [0.25, 0.3) is 0 Å². The largest absolute Gasteiger partial charge is 0.378 e. The van der Waals surface area contributed by atoms with E-state index in [4.69, 9.17) is 4.74 Å². The lowest BCUT2D eigenvalue weighted by Crippen LogP contribution is -2.23. The van der Waals surface area contributed by atoms with Gasteiger partial charge in [-0.1, -0.05) is 27.2 Å². The zero-order valence-corrected chi connectivity index (χ0v) is 7.97. The van der Waals surface area contributed by atoms with Crippen LogP contribution >= 0.6 is 0 Å². The molecule has 0 spiro atoms. The summed E-state index contributed by atoms with van der Waals surface area (Å²) in [6.45, 7) is 7.87. The molecule has 0 saturated carbocycles. The van der Waals surface area contributed by atoms with Crippen molar-refractivity contribution in [1.29, 1.82) is 0 Å². The van der Waals surface area contributed by atoms with Gasteiger partial charge >= 0.3 is 0 Å². The molecule has 1 heteroatoms. The van der Waals surface area contributed by atoms with Gasteiger partial charge in [0.1, 0.15) is 0 Å². The number of rotatable bonds is 3. The first-order valence-corrected chi connectivity index (χ1v) is 4.87. The van der Waals surface area contributed by atoms with E-state index in [9.17, 15) is 0 Å². The molecule has 1 heterocycles. The highest BCUT2D eigenvalue weighted by atomic mass is 16.5. The van der Waals surface area contributed by atoms with E-state index in [1.54, 1.807) is 0 Å². The zero-order chi connectivity index (χ0) is 8.27. The smallest absolute Gasteiger partial charge is 0.0606 e. The number of hydrogen-bond acceptors (Lipinski definition) is 1. The molecule has 0 aromatic carbocycles. The Balaban J connectivity index is 2.40. The van der Waals surface area contributed by atoms with E-state index in [1.165, 1.54) is 19.3 Å². The van der Waals surface area contributed by atoms with E-state index in [1.807, 2.05) is 0 Å². The summed E-state index contributed by atoms with van der Waals surface area (Å²) in [5.41, 5.74) is 0. The van der Waals surface area contributed by atoms with Gasteiger partial charge in [-0.2, -0.15) is 0 Å². The maximum atomic E-state index is 5.67. The van der Waals surface area contributed by atoms with Gasteiger partial charge in [-0.15, -0.1) is 0 Å². The lowest BCUT2D eigenvalue weighted by molar-refractivity contribution is 0.0428. The van der Waals surface area contributed by atoms with E-state index >= 15 is 0 Å². The molecule has 1 aliphatic heterocycles. The molecule has 2 atom stereocenters. The van der Waals surface area contributed by atoms with Gasteiger partial charge in [0, 0.05) is 6.61 Å². The fourth-order valence-electron chi connectivity index (χ4n) is 2.10. The van der Waals surface area contributed by atoms with Gasteiger partial charge in [-0.3, -0.25) is 0 Å². The average Bonchev–Trinajstić information content (AvgIpc) is 2.40. The molecule has 0 amide bonds. The molecule has 1 rings (SSSR count). The van der Waals surface area contributed by atoms with Crippen LogP contribution in [0.3, 0.4) is 0 Å². The highest BCUT2D eigenvalue weighted by Gasteiger charge is 2.26. The van der Waals surface area contributed by atoms with E-state index in [-0.39, 0.29) is 0 Å². The summed E-state index contributed by atoms with van der Waals surface area (Å²) in [5.74, 6) is 1.57. The van der Waals surface area contributed by atoms with Crippen LogP contribution in [0.15, 0.2) is 0 Å². The predicted molar refractivity (Wildman–Crippen MR) is 47.6 cm³/mol. The summed E-state index contributed by atoms with van der Waals surface area (Å²) in [7, 11) is 0. The third-order valence-corrected chi connectivity index (χ3v) is 2.77. The van der Waals surface area contributed by atoms with Crippen LogP contribution in [0.2, 0.25) is 0 Å². The molecular formula is C10H20O. The Hall–Kier alpha value is -0.0400. The monoisotopic (exact) mass is 156 g/mol. The number of hydrogen-bond donors (Lipinski definition) is 0. The van der Waals surface area contributed by atoms with Gasteiger partial charge in [0.05, 0.1) is 6.10 Å². The Labute approximate surface area is 70.1 Å². The van der Waals surface area contributed by atoms with E-state index < -0.39 is 0 Å². The van der Waals surface area contributed by atoms with Crippen LogP contribution in [0.4, 0.5) is 0 Å². The minimum atomic E-state index is 0.569. The van der Waals surface area contributed by atoms with Crippen LogP contribution in [-0.2, 0) is 4.74 Å². The SMILES string of the molecule is CCC(C(C)C)[C@@H]1CCCO1. The molecule has 66 valence electrons. The van der Waals surface area contributed by atoms with Gasteiger partial charge < -0.3 is 4.74 Å². The first-order chi connectivity index (χ1) is 5.25. The standard InChI is InChI=1S/C10H20O/c1-4-9(8(2)3)10-6-5-7-11-10/h8-10H,4-7H2,1-3H3/t9?,10-/m0/s1. The third kappa shape index (κ3) is 2.19. The van der Waals surface area contributed by atoms with Crippen molar-refractivity contribution in [2.75, 3.05) is 6.61 Å². The molecule has 1 saturated heterocycles. The predicted octanol–water partition coefficient (Wildman–Crippen LogP) is 2.85. The molecule has 0 aromatic rings. The molecule has 11 heavy (non-hydrogen) atoms. The summed E-state index contributed by atoms with van der Waals surface area (Å²) in [6, 6.07) is 0. The van der Waals surface area contributed by atoms with Gasteiger partial charge in [-0.05, 0) is 24.7 Å². The average molecular weight is 156 g/mol. The van der Waals surface area contributed by atoms with E-state index in [0.29, 0.717) is 6.10 Å². The fraction of sp³-hybridized carbons (Fsp3) is 1.00. The molecule has 1 unspecified atom stereocenters. The Kier molecular flexibility index (Phi) is 3.38. The van der Waals surface area contributed by atoms with Gasteiger partial charge in [0.15, 0.2) is 0 Å². The molecule has 0 aromatic heterocycles. The molecule has 1 aliphatic rings. The Morgan fingerprint density at radius 1 is 1.45 bits per heavy atom. The quantitative estimate of drug-likeness (QED) is 0.610. The minimum absolute atomic E-state index is 0.569. The second-order valence-electron chi connectivity index (χ2n) is 3.87. The fourth-order valence-corrected chi connectivity index (χ4v) is 2.10. The first kappa shape index (κ1) is 9.05. The maximum Gasteiger partial charge on any atom is 0.0606 e. The van der Waals surface area contributed by atoms with Crippen molar-refractivity contribution < 1.29 is 4.74 Å². The Morgan fingerprint density at radius 3 is 2.55 bits per heavy atom. The minimum Gasteiger partial charge on any atom is -0.378 e. The first-order valence-electron chi connectivity index (χ1n) is 4.87. The molecule has 1 nitrogen and oxygen atoms in total. The Morgan fingerprint density at radius 2 is 2.18 bits per heavy atom. The molecular weight excluding hydrogens is 136 g/mol. The van der Waals surface area contributed by atoms with Crippen molar-refractivity contribution in [1.82, 2.24) is 0 Å². The van der Waals surface area contributed by atoms with Gasteiger partial charge in [0.2, 0.25) is 0 Å². The van der Waals surface area contributed by atoms with Crippen molar-refractivity contribution in [3.63, 3.8) is 0 Å². The maximum absolute atomic E-state index is 5.67. The molecule has 1 fully saturated rings. The summed E-state index contributed by atoms with van der Waals surface area (Å²) >= 11 is 0. The van der Waals surface area contributed by atoms with Crippen LogP contribution in [0, 0.1) is 11.8 Å². The normalized spacial score (nSPS) is 27.8. The van der Waals surface area contributed by atoms with E-state index in [0.717, 1.165) is 18.4 Å². The molecule has 0 radical (unpaired) electrons. The van der Waals surface area contributed by atoms with Crippen molar-refractivity contribution >= 4 is 0 Å². The summed E-state index contributed by atoms with van der Waals surface area (Å²) in [6.07, 6.45) is 4.40. The zero-order valence-electron chi connectivity index (χ0n) is 7.97. The lowest BCUT2D eigenvalue weighted by atomic mass is 9.87. The van der Waals surface area contributed by atoms with Crippen LogP contribution in [-0.4, -0.2) is 12.7 Å². The van der Waals surface area contributed by atoms with Crippen molar-refractivity contribution in [3.8, 4) is 0 Å². The van der Waals surface area contributed by atoms with Crippen LogP contribution in [0.5, 0.6) is 0 Å². The van der Waals surface area contributed by atoms with Crippen LogP contribution in [0.1, 0.15) is 40.0 Å². The molecule has 0 bridgehead atoms. The molecule has 0 N–H and O–H groups in total. The second-order valence-corrected chi connectivity index (χ2v) is 3.87. The highest BCUT2D eigenvalue weighted by molar-refractivity contribution is 4.75. The van der Waals surface area contributed by atoms with Crippen molar-refractivity contribution in [2.24, 2.45) is 11.8 Å². The van der Waals surface area contributed by atoms with Gasteiger partial charge in [-0.25, -0.2) is 0 Å². The molecule has 0 aliphatic carbocycles. The lowest BCUT2D eigenvalue weighted by Gasteiger charge is -2.24. The highest BCUT2D eigenvalue weighted by Crippen LogP contribution is 2.28. The van der Waals surface area contributed by atoms with Crippen molar-refractivity contribution in [2.45, 2.75) is 46.1 Å².